The van der Waals surface area contributed by atoms with E-state index in [1.165, 1.54) is 122 Å². The average molecular weight is 984 g/mol. The first-order chi connectivity index (χ1) is 33.6. The van der Waals surface area contributed by atoms with Gasteiger partial charge in [-0.05, 0) is 51.4 Å². The highest BCUT2D eigenvalue weighted by Crippen LogP contribution is 2.30. The number of carbonyl (C=O) groups is 1. The molecular weight excluding hydrogens is 883 g/mol. The molecule has 1 amide bonds. The first-order valence-electron chi connectivity index (χ1n) is 27.7. The van der Waals surface area contributed by atoms with Gasteiger partial charge in [-0.1, -0.05) is 192 Å². The minimum Gasteiger partial charge on any atom is -0.394 e. The Kier molecular flexibility index (Phi) is 38.2. The summed E-state index contributed by atoms with van der Waals surface area (Å²) in [7, 11) is 0. The largest absolute Gasteiger partial charge is 0.394 e. The molecule has 2 saturated heterocycles. The molecule has 404 valence electrons. The standard InChI is InChI=1S/C55H101NO13/c1-3-5-7-9-11-13-15-16-17-18-19-20-21-22-23-24-25-26-27-28-29-30-32-34-36-38-44(59)43(56-47(60)39-37-35-33-31-14-12-10-8-6-4-2)42-66-54-52(65)50(63)53(46(41-58)68-54)69-55-51(64)49(62)48(61)45(40-57)67-55/h8,10,29-30,36,38,43-46,48-55,57-59,61-65H,3-7,9,11-28,31-35,37,39-42H2,1-2H3,(H,56,60)/b10-8-,30-29+,38-36+. The SMILES string of the molecule is CCC/C=C\CCCCCCCC(=O)NC(COC1OC(CO)C(OC2OC(CO)C(O)C(O)C2O)C(O)C1O)C(O)/C=C/CC/C=C/CCCCCCCCCCCCCCCCCCCCC. The third kappa shape index (κ3) is 28.3. The summed E-state index contributed by atoms with van der Waals surface area (Å²) >= 11 is 0. The summed E-state index contributed by atoms with van der Waals surface area (Å²) in [5, 5.41) is 86.7. The van der Waals surface area contributed by atoms with E-state index < -0.39 is 86.8 Å². The number of ether oxygens (including phenoxy) is 4. The Morgan fingerprint density at radius 1 is 0.507 bits per heavy atom. The second-order valence-electron chi connectivity index (χ2n) is 19.7. The molecule has 14 nitrogen and oxygen atoms in total. The number of nitrogens with one attached hydrogen (secondary N) is 1. The number of carbonyl (C=O) groups excluding carboxylic acids is 1. The van der Waals surface area contributed by atoms with Crippen LogP contribution in [0.1, 0.15) is 213 Å². The van der Waals surface area contributed by atoms with Crippen LogP contribution in [0.3, 0.4) is 0 Å². The van der Waals surface area contributed by atoms with E-state index in [1.807, 2.05) is 6.08 Å². The van der Waals surface area contributed by atoms with Crippen molar-refractivity contribution in [2.24, 2.45) is 0 Å². The lowest BCUT2D eigenvalue weighted by molar-refractivity contribution is -0.359. The van der Waals surface area contributed by atoms with E-state index in [1.54, 1.807) is 6.08 Å². The lowest BCUT2D eigenvalue weighted by Gasteiger charge is -2.46. The number of unbranched alkanes of at least 4 members (excludes halogenated alkanes) is 26. The predicted molar refractivity (Wildman–Crippen MR) is 272 cm³/mol. The quantitative estimate of drug-likeness (QED) is 0.0207. The molecule has 69 heavy (non-hydrogen) atoms. The van der Waals surface area contributed by atoms with Gasteiger partial charge in [-0.25, -0.2) is 0 Å². The molecule has 0 aliphatic carbocycles. The zero-order chi connectivity index (χ0) is 50.3. The zero-order valence-corrected chi connectivity index (χ0v) is 43.1. The van der Waals surface area contributed by atoms with Crippen LogP contribution < -0.4 is 5.32 Å². The second-order valence-corrected chi connectivity index (χ2v) is 19.7. The maximum Gasteiger partial charge on any atom is 0.220 e. The van der Waals surface area contributed by atoms with Gasteiger partial charge in [0, 0.05) is 6.42 Å². The van der Waals surface area contributed by atoms with E-state index in [9.17, 15) is 45.6 Å². The Hall–Kier alpha value is -1.79. The van der Waals surface area contributed by atoms with Crippen molar-refractivity contribution in [2.75, 3.05) is 19.8 Å². The highest BCUT2D eigenvalue weighted by molar-refractivity contribution is 5.76. The minimum atomic E-state index is -1.79. The molecule has 14 heteroatoms. The van der Waals surface area contributed by atoms with Gasteiger partial charge >= 0.3 is 0 Å². The topological polar surface area (TPSA) is 228 Å². The first kappa shape index (κ1) is 63.3. The molecule has 0 aromatic carbocycles. The molecule has 12 unspecified atom stereocenters. The van der Waals surface area contributed by atoms with Gasteiger partial charge in [-0.2, -0.15) is 0 Å². The number of aliphatic hydroxyl groups is 8. The van der Waals surface area contributed by atoms with Gasteiger partial charge in [0.15, 0.2) is 12.6 Å². The molecule has 0 spiro atoms. The van der Waals surface area contributed by atoms with Gasteiger partial charge in [-0.3, -0.25) is 4.79 Å². The second kappa shape index (κ2) is 41.7. The van der Waals surface area contributed by atoms with Crippen molar-refractivity contribution in [1.29, 1.82) is 0 Å². The monoisotopic (exact) mass is 984 g/mol. The van der Waals surface area contributed by atoms with Crippen LogP contribution in [-0.2, 0) is 23.7 Å². The van der Waals surface area contributed by atoms with Crippen molar-refractivity contribution in [3.05, 3.63) is 36.5 Å². The maximum atomic E-state index is 13.1. The van der Waals surface area contributed by atoms with Crippen LogP contribution in [0.2, 0.25) is 0 Å². The van der Waals surface area contributed by atoms with Crippen molar-refractivity contribution in [2.45, 2.75) is 286 Å². The number of allylic oxidation sites excluding steroid dienone is 5. The van der Waals surface area contributed by atoms with Crippen molar-refractivity contribution in [3.63, 3.8) is 0 Å². The summed E-state index contributed by atoms with van der Waals surface area (Å²) in [6.07, 6.45) is 32.1. The number of amides is 1. The molecule has 2 fully saturated rings. The van der Waals surface area contributed by atoms with Gasteiger partial charge in [0.1, 0.15) is 48.8 Å². The average Bonchev–Trinajstić information content (AvgIpc) is 3.35. The Morgan fingerprint density at radius 3 is 1.48 bits per heavy atom. The molecule has 0 aromatic heterocycles. The third-order valence-electron chi connectivity index (χ3n) is 13.5. The lowest BCUT2D eigenvalue weighted by atomic mass is 9.97. The first-order valence-corrected chi connectivity index (χ1v) is 27.7. The number of hydrogen-bond acceptors (Lipinski definition) is 13. The summed E-state index contributed by atoms with van der Waals surface area (Å²) in [4.78, 5) is 13.1. The predicted octanol–water partition coefficient (Wildman–Crippen LogP) is 8.27. The fraction of sp³-hybridized carbons (Fsp3) is 0.873. The summed E-state index contributed by atoms with van der Waals surface area (Å²) in [6, 6.07) is -0.933. The van der Waals surface area contributed by atoms with Crippen LogP contribution in [0.25, 0.3) is 0 Å². The van der Waals surface area contributed by atoms with Crippen LogP contribution in [0.4, 0.5) is 0 Å². The number of hydrogen-bond donors (Lipinski definition) is 9. The summed E-state index contributed by atoms with van der Waals surface area (Å²) in [5.74, 6) is -0.261. The molecule has 9 N–H and O–H groups in total. The van der Waals surface area contributed by atoms with Crippen LogP contribution in [0.5, 0.6) is 0 Å². The van der Waals surface area contributed by atoms with Gasteiger partial charge < -0.3 is 65.1 Å². The van der Waals surface area contributed by atoms with Crippen molar-refractivity contribution in [3.8, 4) is 0 Å². The normalized spacial score (nSPS) is 26.4. The molecule has 0 aromatic rings. The van der Waals surface area contributed by atoms with Crippen LogP contribution in [-0.4, -0.2) is 140 Å². The lowest BCUT2D eigenvalue weighted by Crippen LogP contribution is -2.65. The third-order valence-corrected chi connectivity index (χ3v) is 13.5. The highest BCUT2D eigenvalue weighted by atomic mass is 16.7. The fourth-order valence-corrected chi connectivity index (χ4v) is 9.02. The Bertz CT molecular complexity index is 1300. The molecule has 12 atom stereocenters. The molecule has 2 aliphatic heterocycles. The van der Waals surface area contributed by atoms with Crippen molar-refractivity contribution in [1.82, 2.24) is 5.32 Å². The van der Waals surface area contributed by atoms with Crippen LogP contribution in [0.15, 0.2) is 36.5 Å². The Labute approximate surface area is 417 Å². The van der Waals surface area contributed by atoms with E-state index >= 15 is 0 Å². The van der Waals surface area contributed by atoms with Crippen molar-refractivity contribution < 1.29 is 64.6 Å². The van der Waals surface area contributed by atoms with E-state index in [4.69, 9.17) is 18.9 Å². The molecule has 2 heterocycles. The van der Waals surface area contributed by atoms with Gasteiger partial charge in [-0.15, -0.1) is 0 Å². The van der Waals surface area contributed by atoms with E-state index in [2.05, 4.69) is 43.5 Å². The Morgan fingerprint density at radius 2 is 0.957 bits per heavy atom. The van der Waals surface area contributed by atoms with Gasteiger partial charge in [0.25, 0.3) is 0 Å². The molecular formula is C55H101NO13. The smallest absolute Gasteiger partial charge is 0.220 e. The molecule has 2 aliphatic rings. The van der Waals surface area contributed by atoms with E-state index in [0.29, 0.717) is 12.8 Å². The van der Waals surface area contributed by atoms with E-state index in [0.717, 1.165) is 57.8 Å². The summed E-state index contributed by atoms with van der Waals surface area (Å²) in [5.41, 5.74) is 0. The molecule has 2 rings (SSSR count). The summed E-state index contributed by atoms with van der Waals surface area (Å²) < 4.78 is 22.7. The molecule has 0 radical (unpaired) electrons. The fourth-order valence-electron chi connectivity index (χ4n) is 9.02. The number of aliphatic hydroxyl groups excluding tert-OH is 8. The molecule has 0 saturated carbocycles. The van der Waals surface area contributed by atoms with Gasteiger partial charge in [0.05, 0.1) is 32.0 Å². The highest BCUT2D eigenvalue weighted by Gasteiger charge is 2.51. The van der Waals surface area contributed by atoms with Gasteiger partial charge in [0.2, 0.25) is 5.91 Å². The molecule has 0 bridgehead atoms. The van der Waals surface area contributed by atoms with Crippen molar-refractivity contribution >= 4 is 5.91 Å². The maximum absolute atomic E-state index is 13.1. The van der Waals surface area contributed by atoms with Crippen LogP contribution in [0, 0.1) is 0 Å². The van der Waals surface area contributed by atoms with E-state index in [-0.39, 0.29) is 18.9 Å². The number of rotatable bonds is 43. The zero-order valence-electron chi connectivity index (χ0n) is 43.1. The van der Waals surface area contributed by atoms with Crippen LogP contribution >= 0.6 is 0 Å². The summed E-state index contributed by atoms with van der Waals surface area (Å²) in [6.45, 7) is 2.70. The minimum absolute atomic E-state index is 0.261. The Balaban J connectivity index is 1.76.